The number of hydrogen-bond donors (Lipinski definition) is 2. The summed E-state index contributed by atoms with van der Waals surface area (Å²) in [7, 11) is -6.66. The van der Waals surface area contributed by atoms with Crippen LogP contribution in [0.2, 0.25) is 5.02 Å². The highest BCUT2D eigenvalue weighted by molar-refractivity contribution is 7.99. The lowest BCUT2D eigenvalue weighted by Crippen LogP contribution is -2.46. The van der Waals surface area contributed by atoms with Crippen LogP contribution in [0.5, 0.6) is 0 Å². The number of sulfone groups is 1. The van der Waals surface area contributed by atoms with Crippen molar-refractivity contribution < 1.29 is 30.0 Å². The maximum Gasteiger partial charge on any atom is 0.501 e. The summed E-state index contributed by atoms with van der Waals surface area (Å²) < 4.78 is 97.8. The van der Waals surface area contributed by atoms with E-state index in [1.54, 1.807) is 18.7 Å². The van der Waals surface area contributed by atoms with Gasteiger partial charge in [0.2, 0.25) is 0 Å². The Balaban J connectivity index is 0.994. The average molecular weight is 929 g/mol. The Hall–Kier alpha value is -4.39. The first-order valence-corrected chi connectivity index (χ1v) is 24.6. The van der Waals surface area contributed by atoms with Crippen molar-refractivity contribution in [3.8, 4) is 11.1 Å². The lowest BCUT2D eigenvalue weighted by molar-refractivity contribution is -0.0435. The van der Waals surface area contributed by atoms with Gasteiger partial charge in [0.25, 0.3) is 19.9 Å². The zero-order valence-corrected chi connectivity index (χ0v) is 37.8. The summed E-state index contributed by atoms with van der Waals surface area (Å²) in [6.07, 6.45) is 4.06. The van der Waals surface area contributed by atoms with E-state index in [4.69, 9.17) is 11.6 Å². The molecule has 0 amide bonds. The lowest BCUT2D eigenvalue weighted by atomic mass is 9.96. The van der Waals surface area contributed by atoms with Crippen LogP contribution in [0.25, 0.3) is 11.1 Å². The van der Waals surface area contributed by atoms with Crippen LogP contribution in [-0.4, -0.2) is 93.7 Å². The monoisotopic (exact) mass is 927 g/mol. The molecule has 18 heteroatoms. The summed E-state index contributed by atoms with van der Waals surface area (Å²) in [6.45, 7) is 5.46. The normalized spacial score (nSPS) is 16.1. The third kappa shape index (κ3) is 10.7. The molecule has 11 nitrogen and oxygen atoms in total. The highest BCUT2D eigenvalue weighted by atomic mass is 35.5. The molecule has 0 radical (unpaired) electrons. The number of anilines is 3. The first kappa shape index (κ1) is 45.6. The highest BCUT2D eigenvalue weighted by Crippen LogP contribution is 2.37. The van der Waals surface area contributed by atoms with E-state index in [1.807, 2.05) is 73.6 Å². The van der Waals surface area contributed by atoms with E-state index in [0.29, 0.717) is 60.1 Å². The summed E-state index contributed by atoms with van der Waals surface area (Å²) in [4.78, 5) is 14.7. The number of aromatic nitrogens is 2. The van der Waals surface area contributed by atoms with Crippen molar-refractivity contribution in [1.29, 1.82) is 0 Å². The molecule has 0 bridgehead atoms. The molecule has 4 aromatic carbocycles. The lowest BCUT2D eigenvalue weighted by Gasteiger charge is -2.40. The van der Waals surface area contributed by atoms with E-state index in [-0.39, 0.29) is 11.5 Å². The Morgan fingerprint density at radius 1 is 0.919 bits per heavy atom. The van der Waals surface area contributed by atoms with E-state index in [2.05, 4.69) is 48.0 Å². The SMILES string of the molecule is C[C@H](CCSc1ccc(N(C)C)cc1)Nc1ccc(S(=O)(=O)Nc2ncnc3c2CCN(C2CCN(Cc4ccccc4-c4ccc(Cl)cc4)CC2)C3)cc1S(=O)(=O)C(F)(F)F. The van der Waals surface area contributed by atoms with Crippen molar-refractivity contribution in [1.82, 2.24) is 19.8 Å². The minimum Gasteiger partial charge on any atom is -0.382 e. The molecule has 62 heavy (non-hydrogen) atoms. The van der Waals surface area contributed by atoms with Gasteiger partial charge in [0.05, 0.1) is 16.3 Å². The molecule has 2 aliphatic heterocycles. The second-order valence-electron chi connectivity index (χ2n) is 15.8. The number of piperidine rings is 1. The van der Waals surface area contributed by atoms with Crippen molar-refractivity contribution in [2.45, 2.75) is 78.0 Å². The van der Waals surface area contributed by atoms with Crippen molar-refractivity contribution in [2.75, 3.05) is 54.4 Å². The van der Waals surface area contributed by atoms with Crippen LogP contribution < -0.4 is 14.9 Å². The van der Waals surface area contributed by atoms with Gasteiger partial charge in [-0.25, -0.2) is 26.8 Å². The number of nitrogens with one attached hydrogen (secondary N) is 2. The predicted molar refractivity (Wildman–Crippen MR) is 241 cm³/mol. The van der Waals surface area contributed by atoms with Crippen molar-refractivity contribution in [3.63, 3.8) is 0 Å². The van der Waals surface area contributed by atoms with Crippen LogP contribution in [0.4, 0.5) is 30.4 Å². The number of sulfonamides is 1. The van der Waals surface area contributed by atoms with E-state index in [9.17, 15) is 30.0 Å². The fraction of sp³-hybridized carbons (Fsp3) is 0.364. The zero-order valence-electron chi connectivity index (χ0n) is 34.6. The van der Waals surface area contributed by atoms with E-state index in [1.165, 1.54) is 17.5 Å². The molecule has 1 saturated heterocycles. The number of alkyl halides is 3. The fourth-order valence-corrected chi connectivity index (χ4v) is 11.1. The van der Waals surface area contributed by atoms with Gasteiger partial charge in [-0.2, -0.15) is 13.2 Å². The molecule has 5 aromatic rings. The first-order chi connectivity index (χ1) is 29.5. The molecule has 1 aromatic heterocycles. The van der Waals surface area contributed by atoms with Gasteiger partial charge in [0.15, 0.2) is 0 Å². The minimum absolute atomic E-state index is 0.00808. The predicted octanol–water partition coefficient (Wildman–Crippen LogP) is 8.96. The van der Waals surface area contributed by atoms with Crippen LogP contribution >= 0.6 is 23.4 Å². The van der Waals surface area contributed by atoms with Crippen LogP contribution in [0.3, 0.4) is 0 Å². The zero-order chi connectivity index (χ0) is 44.2. The molecule has 0 aliphatic carbocycles. The molecule has 1 fully saturated rings. The standard InChI is InChI=1S/C44H49ClF3N7O4S3/c1-30(21-25-60-36-14-12-34(13-15-36)53(2)3)51-40-17-16-37(26-42(40)61(56,57)44(46,47)48)62(58,59)52-43-39-20-24-55(28-41(39)49-29-50-43)35-18-22-54(23-19-35)27-32-6-4-5-7-38(32)31-8-10-33(45)11-9-31/h4-17,26,29-30,35,51H,18-25,27-28H2,1-3H3,(H,49,50,52)/t30-/m1/s1. The Kier molecular flexibility index (Phi) is 14.1. The number of benzene rings is 4. The molecule has 0 unspecified atom stereocenters. The number of thioether (sulfide) groups is 1. The highest BCUT2D eigenvalue weighted by Gasteiger charge is 2.48. The molecule has 0 spiro atoms. The Bertz CT molecular complexity index is 2580. The van der Waals surface area contributed by atoms with E-state index >= 15 is 0 Å². The van der Waals surface area contributed by atoms with Gasteiger partial charge in [-0.3, -0.25) is 14.5 Å². The molecule has 1 atom stereocenters. The molecule has 7 rings (SSSR count). The third-order valence-electron chi connectivity index (χ3n) is 11.3. The third-order valence-corrected chi connectivity index (χ3v) is 15.5. The quantitative estimate of drug-likeness (QED) is 0.0978. The molecule has 330 valence electrons. The van der Waals surface area contributed by atoms with Crippen molar-refractivity contribution >= 4 is 60.4 Å². The van der Waals surface area contributed by atoms with Gasteiger partial charge in [-0.1, -0.05) is 48.0 Å². The fourth-order valence-electron chi connectivity index (χ4n) is 7.88. The molecule has 3 heterocycles. The van der Waals surface area contributed by atoms with Gasteiger partial charge in [0.1, 0.15) is 17.0 Å². The largest absolute Gasteiger partial charge is 0.501 e. The minimum atomic E-state index is -5.95. The number of nitrogens with zero attached hydrogens (tertiary/aromatic N) is 5. The maximum atomic E-state index is 14.0. The Morgan fingerprint density at radius 3 is 2.32 bits per heavy atom. The molecular formula is C44H49ClF3N7O4S3. The first-order valence-electron chi connectivity index (χ1n) is 20.3. The maximum absolute atomic E-state index is 14.0. The molecular weight excluding hydrogens is 879 g/mol. The van der Waals surface area contributed by atoms with Gasteiger partial charge in [-0.15, -0.1) is 11.8 Å². The molecule has 2 aliphatic rings. The van der Waals surface area contributed by atoms with Crippen molar-refractivity contribution in [2.24, 2.45) is 0 Å². The second kappa shape index (κ2) is 19.2. The van der Waals surface area contributed by atoms with Crippen molar-refractivity contribution in [3.05, 3.63) is 119 Å². The van der Waals surface area contributed by atoms with Crippen LogP contribution in [-0.2, 0) is 39.4 Å². The van der Waals surface area contributed by atoms with Gasteiger partial charge >= 0.3 is 5.51 Å². The average Bonchev–Trinajstić information content (AvgIpc) is 3.24. The van der Waals surface area contributed by atoms with E-state index < -0.39 is 41.2 Å². The summed E-state index contributed by atoms with van der Waals surface area (Å²) in [5.74, 6) is 0.601. The summed E-state index contributed by atoms with van der Waals surface area (Å²) in [6, 6.07) is 26.7. The Morgan fingerprint density at radius 2 is 1.63 bits per heavy atom. The summed E-state index contributed by atoms with van der Waals surface area (Å²) >= 11 is 7.69. The summed E-state index contributed by atoms with van der Waals surface area (Å²) in [5, 5.41) is 3.57. The number of hydrogen-bond acceptors (Lipinski definition) is 11. The van der Waals surface area contributed by atoms with Gasteiger partial charge in [0, 0.05) is 67.0 Å². The van der Waals surface area contributed by atoms with Gasteiger partial charge in [-0.05, 0) is 123 Å². The number of likely N-dealkylation sites (tertiary alicyclic amines) is 1. The van der Waals surface area contributed by atoms with Gasteiger partial charge < -0.3 is 10.2 Å². The molecule has 0 saturated carbocycles. The number of fused-ring (bicyclic) bond motifs is 1. The molecule has 2 N–H and O–H groups in total. The summed E-state index contributed by atoms with van der Waals surface area (Å²) in [5.41, 5.74) is -0.188. The number of rotatable bonds is 15. The van der Waals surface area contributed by atoms with Crippen LogP contribution in [0, 0.1) is 0 Å². The topological polar surface area (TPSA) is 128 Å². The Labute approximate surface area is 371 Å². The second-order valence-corrected chi connectivity index (χ2v) is 21.0. The smallest absolute Gasteiger partial charge is 0.382 e. The van der Waals surface area contributed by atoms with Crippen LogP contribution in [0.15, 0.2) is 112 Å². The number of halogens is 4. The van der Waals surface area contributed by atoms with Crippen LogP contribution in [0.1, 0.15) is 43.0 Å². The van der Waals surface area contributed by atoms with E-state index in [0.717, 1.165) is 60.8 Å².